The van der Waals surface area contributed by atoms with E-state index in [4.69, 9.17) is 5.11 Å². The molecule has 0 fully saturated rings. The lowest BCUT2D eigenvalue weighted by atomic mass is 9.98. The molecule has 1 atom stereocenters. The largest absolute Gasteiger partial charge is 0.414 e. The quantitative estimate of drug-likeness (QED) is 0.848. The minimum atomic E-state index is -4.55. The van der Waals surface area contributed by atoms with Crippen molar-refractivity contribution in [1.29, 1.82) is 0 Å². The van der Waals surface area contributed by atoms with Crippen LogP contribution in [0.5, 0.6) is 0 Å². The highest BCUT2D eigenvalue weighted by Crippen LogP contribution is 2.24. The second-order valence-corrected chi connectivity index (χ2v) is 4.16. The molecule has 16 heavy (non-hydrogen) atoms. The van der Waals surface area contributed by atoms with Crippen LogP contribution in [-0.2, 0) is 6.42 Å². The van der Waals surface area contributed by atoms with Gasteiger partial charge < -0.3 is 5.11 Å². The fourth-order valence-corrected chi connectivity index (χ4v) is 1.42. The van der Waals surface area contributed by atoms with E-state index < -0.39 is 12.3 Å². The van der Waals surface area contributed by atoms with Crippen LogP contribution in [0, 0.1) is 0 Å². The lowest BCUT2D eigenvalue weighted by Gasteiger charge is -2.15. The zero-order valence-corrected chi connectivity index (χ0v) is 9.25. The summed E-state index contributed by atoms with van der Waals surface area (Å²) < 4.78 is 36.4. The van der Waals surface area contributed by atoms with Gasteiger partial charge in [0.2, 0.25) is 0 Å². The van der Waals surface area contributed by atoms with E-state index in [1.165, 1.54) is 0 Å². The van der Waals surface area contributed by atoms with Gasteiger partial charge in [-0.05, 0) is 17.0 Å². The molecule has 1 nitrogen and oxygen atoms in total. The first-order valence-electron chi connectivity index (χ1n) is 5.14. The van der Waals surface area contributed by atoms with Gasteiger partial charge in [-0.3, -0.25) is 0 Å². The first kappa shape index (κ1) is 13.0. The van der Waals surface area contributed by atoms with Crippen LogP contribution in [0.2, 0.25) is 0 Å². The number of hydrogen-bond acceptors (Lipinski definition) is 1. The molecule has 1 aromatic rings. The fourth-order valence-electron chi connectivity index (χ4n) is 1.42. The van der Waals surface area contributed by atoms with Gasteiger partial charge in [-0.25, -0.2) is 0 Å². The van der Waals surface area contributed by atoms with Crippen molar-refractivity contribution in [2.45, 2.75) is 38.5 Å². The topological polar surface area (TPSA) is 20.2 Å². The van der Waals surface area contributed by atoms with Crippen molar-refractivity contribution in [2.24, 2.45) is 0 Å². The SMILES string of the molecule is CC(C)c1cccc(CC(O)C(F)(F)F)c1. The molecule has 0 aromatic heterocycles. The summed E-state index contributed by atoms with van der Waals surface area (Å²) in [6.45, 7) is 3.94. The maximum atomic E-state index is 12.1. The molecule has 1 unspecified atom stereocenters. The fraction of sp³-hybridized carbons (Fsp3) is 0.500. The number of hydrogen-bond donors (Lipinski definition) is 1. The molecule has 0 amide bonds. The predicted octanol–water partition coefficient (Wildman–Crippen LogP) is 3.28. The molecule has 0 bridgehead atoms. The van der Waals surface area contributed by atoms with E-state index in [-0.39, 0.29) is 12.3 Å². The Balaban J connectivity index is 2.78. The first-order valence-corrected chi connectivity index (χ1v) is 5.14. The molecular weight excluding hydrogens is 217 g/mol. The van der Waals surface area contributed by atoms with Gasteiger partial charge in [-0.1, -0.05) is 38.1 Å². The maximum Gasteiger partial charge on any atom is 0.414 e. The van der Waals surface area contributed by atoms with Crippen molar-refractivity contribution in [3.05, 3.63) is 35.4 Å². The number of rotatable bonds is 3. The van der Waals surface area contributed by atoms with Gasteiger partial charge in [0.1, 0.15) is 0 Å². The molecule has 0 aliphatic rings. The zero-order valence-electron chi connectivity index (χ0n) is 9.25. The van der Waals surface area contributed by atoms with Crippen molar-refractivity contribution in [3.8, 4) is 0 Å². The van der Waals surface area contributed by atoms with Gasteiger partial charge in [0.25, 0.3) is 0 Å². The molecule has 90 valence electrons. The predicted molar refractivity (Wildman–Crippen MR) is 56.3 cm³/mol. The zero-order chi connectivity index (χ0) is 12.3. The highest BCUT2D eigenvalue weighted by molar-refractivity contribution is 5.26. The lowest BCUT2D eigenvalue weighted by molar-refractivity contribution is -0.203. The smallest absolute Gasteiger partial charge is 0.383 e. The van der Waals surface area contributed by atoms with Crippen LogP contribution in [0.4, 0.5) is 13.2 Å². The third-order valence-corrected chi connectivity index (χ3v) is 2.42. The normalized spacial score (nSPS) is 14.2. The molecule has 1 aromatic carbocycles. The number of alkyl halides is 3. The van der Waals surface area contributed by atoms with Crippen molar-refractivity contribution < 1.29 is 18.3 Å². The summed E-state index contributed by atoms with van der Waals surface area (Å²) in [4.78, 5) is 0. The second-order valence-electron chi connectivity index (χ2n) is 4.16. The van der Waals surface area contributed by atoms with Crippen LogP contribution in [0.1, 0.15) is 30.9 Å². The molecule has 4 heteroatoms. The first-order chi connectivity index (χ1) is 7.30. The van der Waals surface area contributed by atoms with E-state index in [9.17, 15) is 13.2 Å². The Morgan fingerprint density at radius 1 is 1.25 bits per heavy atom. The molecule has 0 heterocycles. The maximum absolute atomic E-state index is 12.1. The molecule has 0 saturated carbocycles. The van der Waals surface area contributed by atoms with Crippen LogP contribution < -0.4 is 0 Å². The molecule has 0 radical (unpaired) electrons. The second kappa shape index (κ2) is 4.87. The van der Waals surface area contributed by atoms with Gasteiger partial charge in [0, 0.05) is 6.42 Å². The van der Waals surface area contributed by atoms with Crippen LogP contribution in [-0.4, -0.2) is 17.4 Å². The van der Waals surface area contributed by atoms with Crippen LogP contribution in [0.3, 0.4) is 0 Å². The Kier molecular flexibility index (Phi) is 3.97. The summed E-state index contributed by atoms with van der Waals surface area (Å²) in [6, 6.07) is 6.89. The number of benzene rings is 1. The van der Waals surface area contributed by atoms with Crippen LogP contribution in [0.15, 0.2) is 24.3 Å². The van der Waals surface area contributed by atoms with Crippen LogP contribution in [0.25, 0.3) is 0 Å². The highest BCUT2D eigenvalue weighted by Gasteiger charge is 2.37. The molecule has 0 spiro atoms. The van der Waals surface area contributed by atoms with Gasteiger partial charge in [-0.15, -0.1) is 0 Å². The molecular formula is C12H15F3O. The number of aliphatic hydroxyl groups excluding tert-OH is 1. The van der Waals surface area contributed by atoms with Gasteiger partial charge in [0.05, 0.1) is 0 Å². The molecule has 1 rings (SSSR count). The van der Waals surface area contributed by atoms with E-state index in [0.717, 1.165) is 5.56 Å². The Labute approximate surface area is 92.9 Å². The van der Waals surface area contributed by atoms with Crippen molar-refractivity contribution in [2.75, 3.05) is 0 Å². The van der Waals surface area contributed by atoms with Crippen molar-refractivity contribution >= 4 is 0 Å². The summed E-state index contributed by atoms with van der Waals surface area (Å²) in [5, 5.41) is 8.94. The highest BCUT2D eigenvalue weighted by atomic mass is 19.4. The third kappa shape index (κ3) is 3.52. The summed E-state index contributed by atoms with van der Waals surface area (Å²) in [5.74, 6) is 0.267. The van der Waals surface area contributed by atoms with Gasteiger partial charge in [0.15, 0.2) is 6.10 Å². The molecule has 0 aliphatic carbocycles. The molecule has 0 aliphatic heterocycles. The summed E-state index contributed by atoms with van der Waals surface area (Å²) >= 11 is 0. The minimum absolute atomic E-state index is 0.267. The molecule has 1 N–H and O–H groups in total. The Bertz CT molecular complexity index is 344. The monoisotopic (exact) mass is 232 g/mol. The Morgan fingerprint density at radius 2 is 1.88 bits per heavy atom. The average Bonchev–Trinajstić information content (AvgIpc) is 2.16. The van der Waals surface area contributed by atoms with E-state index in [1.54, 1.807) is 18.2 Å². The molecule has 0 saturated heterocycles. The minimum Gasteiger partial charge on any atom is -0.383 e. The van der Waals surface area contributed by atoms with Gasteiger partial charge in [-0.2, -0.15) is 13.2 Å². The third-order valence-electron chi connectivity index (χ3n) is 2.42. The van der Waals surface area contributed by atoms with Crippen LogP contribution >= 0.6 is 0 Å². The summed E-state index contributed by atoms with van der Waals surface area (Å²) in [6.07, 6.45) is -7.22. The van der Waals surface area contributed by atoms with Crippen molar-refractivity contribution in [3.63, 3.8) is 0 Å². The van der Waals surface area contributed by atoms with Crippen molar-refractivity contribution in [1.82, 2.24) is 0 Å². The average molecular weight is 232 g/mol. The summed E-state index contributed by atoms with van der Waals surface area (Å²) in [7, 11) is 0. The number of halogens is 3. The summed E-state index contributed by atoms with van der Waals surface area (Å²) in [5.41, 5.74) is 1.49. The standard InChI is InChI=1S/C12H15F3O/c1-8(2)10-5-3-4-9(6-10)7-11(16)12(13,14)15/h3-6,8,11,16H,7H2,1-2H3. The van der Waals surface area contributed by atoms with E-state index in [1.807, 2.05) is 19.9 Å². The van der Waals surface area contributed by atoms with Gasteiger partial charge >= 0.3 is 6.18 Å². The number of aliphatic hydroxyl groups is 1. The van der Waals surface area contributed by atoms with E-state index >= 15 is 0 Å². The van der Waals surface area contributed by atoms with E-state index in [0.29, 0.717) is 5.56 Å². The van der Waals surface area contributed by atoms with E-state index in [2.05, 4.69) is 0 Å². The Hall–Kier alpha value is -1.03. The lowest BCUT2D eigenvalue weighted by Crippen LogP contribution is -2.30. The Morgan fingerprint density at radius 3 is 2.38 bits per heavy atom.